The number of carbonyl (C=O) groups excluding carboxylic acids is 1. The van der Waals surface area contributed by atoms with E-state index in [1.54, 1.807) is 0 Å². The Bertz CT molecular complexity index is 75.7. The van der Waals surface area contributed by atoms with Gasteiger partial charge in [0.2, 0.25) is 6.08 Å². The molecule has 0 amide bonds. The summed E-state index contributed by atoms with van der Waals surface area (Å²) in [5, 5.41) is 21.6. The second kappa shape index (κ2) is 15.7. The number of nitrogens with one attached hydrogen (secondary N) is 1. The molecule has 0 heterocycles. The minimum atomic E-state index is 0.0278. The molecule has 0 aliphatic rings. The van der Waals surface area contributed by atoms with Gasteiger partial charge in [-0.1, -0.05) is 0 Å². The first-order chi connectivity index (χ1) is 4.83. The third-order valence-electron chi connectivity index (χ3n) is 0.471. The fraction of sp³-hybridized carbons (Fsp3) is 0.800. The van der Waals surface area contributed by atoms with Crippen LogP contribution in [0.5, 0.6) is 0 Å². The van der Waals surface area contributed by atoms with Gasteiger partial charge in [-0.15, -0.1) is 0 Å². The summed E-state index contributed by atoms with van der Waals surface area (Å²) in [4.78, 5) is 8.35. The van der Waals surface area contributed by atoms with Crippen LogP contribution in [0.1, 0.15) is 0 Å². The monoisotopic (exact) mass is 149 g/mol. The Morgan fingerprint density at radius 3 is 1.80 bits per heavy atom. The number of aliphatic hydroxyl groups is 2. The molecule has 0 aliphatic heterocycles. The maximum atomic E-state index is 8.35. The fourth-order valence-corrected chi connectivity index (χ4v) is 0.231. The molecule has 0 aromatic heterocycles. The lowest BCUT2D eigenvalue weighted by Gasteiger charge is -1.94. The van der Waals surface area contributed by atoms with Crippen molar-refractivity contribution in [3.8, 4) is 0 Å². The van der Waals surface area contributed by atoms with E-state index in [4.69, 9.17) is 20.4 Å². The zero-order valence-electron chi connectivity index (χ0n) is 5.54. The van der Waals surface area contributed by atoms with E-state index in [0.29, 0.717) is 13.2 Å². The first-order valence-corrected chi connectivity index (χ1v) is 2.66. The van der Waals surface area contributed by atoms with Crippen molar-refractivity contribution in [3.63, 3.8) is 0 Å². The smallest absolute Gasteiger partial charge is 0.231 e. The van der Waals surface area contributed by atoms with Gasteiger partial charge in [-0.2, -0.15) is 0 Å². The van der Waals surface area contributed by atoms with Crippen LogP contribution < -0.4 is 0 Å². The molecule has 0 rings (SSSR count). The summed E-state index contributed by atoms with van der Waals surface area (Å²) in [7, 11) is 0. The minimum Gasteiger partial charge on any atom is -0.394 e. The molecular formula is C5H11NO4. The summed E-state index contributed by atoms with van der Waals surface area (Å²) in [5.41, 5.74) is 0. The van der Waals surface area contributed by atoms with E-state index in [9.17, 15) is 0 Å². The average Bonchev–Trinajstić information content (AvgIpc) is 1.91. The van der Waals surface area contributed by atoms with Crippen molar-refractivity contribution in [2.45, 2.75) is 0 Å². The molecule has 5 heteroatoms. The Morgan fingerprint density at radius 2 is 1.60 bits per heavy atom. The summed E-state index contributed by atoms with van der Waals surface area (Å²) < 4.78 is 4.63. The standard InChI is InChI=1S/C4H10O3.CHNO/c5-1-3-7-4-2-6;2-1-3/h5-6H,1-4H2;2H. The van der Waals surface area contributed by atoms with Crippen molar-refractivity contribution in [2.24, 2.45) is 0 Å². The Balaban J connectivity index is 0. The fourth-order valence-electron chi connectivity index (χ4n) is 0.231. The number of rotatable bonds is 4. The van der Waals surface area contributed by atoms with Gasteiger partial charge in [0.25, 0.3) is 0 Å². The first-order valence-electron chi connectivity index (χ1n) is 2.66. The Labute approximate surface area is 58.8 Å². The number of aliphatic hydroxyl groups excluding tert-OH is 2. The van der Waals surface area contributed by atoms with E-state index < -0.39 is 0 Å². The Kier molecular flexibility index (Phi) is 18.9. The highest BCUT2D eigenvalue weighted by molar-refractivity contribution is 5.26. The van der Waals surface area contributed by atoms with E-state index in [1.165, 1.54) is 0 Å². The molecule has 0 unspecified atom stereocenters. The molecule has 0 bridgehead atoms. The van der Waals surface area contributed by atoms with Crippen LogP contribution in [0.25, 0.3) is 0 Å². The van der Waals surface area contributed by atoms with Crippen molar-refractivity contribution in [3.05, 3.63) is 0 Å². The molecule has 0 aromatic rings. The van der Waals surface area contributed by atoms with Crippen molar-refractivity contribution >= 4 is 6.08 Å². The highest BCUT2D eigenvalue weighted by Crippen LogP contribution is 1.68. The number of hydrogen-bond acceptors (Lipinski definition) is 5. The number of isocyanates is 1. The van der Waals surface area contributed by atoms with Crippen LogP contribution in [-0.2, 0) is 9.53 Å². The Morgan fingerprint density at radius 1 is 1.30 bits per heavy atom. The van der Waals surface area contributed by atoms with Gasteiger partial charge in [0.1, 0.15) is 0 Å². The average molecular weight is 149 g/mol. The summed E-state index contributed by atoms with van der Waals surface area (Å²) in [6, 6.07) is 0. The summed E-state index contributed by atoms with van der Waals surface area (Å²) in [6.07, 6.45) is 0.750. The van der Waals surface area contributed by atoms with Crippen molar-refractivity contribution in [2.75, 3.05) is 26.4 Å². The van der Waals surface area contributed by atoms with Crippen LogP contribution in [0.15, 0.2) is 0 Å². The van der Waals surface area contributed by atoms with E-state index in [1.807, 2.05) is 0 Å². The summed E-state index contributed by atoms with van der Waals surface area (Å²) >= 11 is 0. The van der Waals surface area contributed by atoms with Gasteiger partial charge in [0.05, 0.1) is 26.4 Å². The highest BCUT2D eigenvalue weighted by atomic mass is 16.5. The SMILES string of the molecule is N=C=O.OCCOCCO. The molecule has 0 fully saturated rings. The van der Waals surface area contributed by atoms with Gasteiger partial charge in [0.15, 0.2) is 0 Å². The van der Waals surface area contributed by atoms with Gasteiger partial charge in [-0.05, 0) is 0 Å². The molecule has 0 radical (unpaired) electrons. The van der Waals surface area contributed by atoms with Crippen LogP contribution in [0, 0.1) is 5.41 Å². The van der Waals surface area contributed by atoms with Gasteiger partial charge in [-0.25, -0.2) is 10.2 Å². The topological polar surface area (TPSA) is 90.6 Å². The van der Waals surface area contributed by atoms with Crippen LogP contribution in [0.4, 0.5) is 0 Å². The predicted molar refractivity (Wildman–Crippen MR) is 33.4 cm³/mol. The maximum absolute atomic E-state index is 8.35. The molecule has 0 aliphatic carbocycles. The predicted octanol–water partition coefficient (Wildman–Crippen LogP) is -1.11. The highest BCUT2D eigenvalue weighted by Gasteiger charge is 1.79. The number of ether oxygens (including phenoxy) is 1. The first kappa shape index (κ1) is 12.0. The van der Waals surface area contributed by atoms with Crippen molar-refractivity contribution in [1.29, 1.82) is 5.41 Å². The largest absolute Gasteiger partial charge is 0.394 e. The second-order valence-electron chi connectivity index (χ2n) is 1.16. The molecule has 0 aromatic carbocycles. The van der Waals surface area contributed by atoms with E-state index in [-0.39, 0.29) is 13.2 Å². The van der Waals surface area contributed by atoms with Crippen molar-refractivity contribution in [1.82, 2.24) is 0 Å². The quantitative estimate of drug-likeness (QED) is 0.268. The van der Waals surface area contributed by atoms with Crippen LogP contribution in [0.2, 0.25) is 0 Å². The lowest BCUT2D eigenvalue weighted by atomic mass is 10.7. The van der Waals surface area contributed by atoms with Crippen LogP contribution >= 0.6 is 0 Å². The number of hydrogen-bond donors (Lipinski definition) is 3. The van der Waals surface area contributed by atoms with Crippen LogP contribution in [0.3, 0.4) is 0 Å². The zero-order chi connectivity index (χ0) is 8.24. The van der Waals surface area contributed by atoms with E-state index >= 15 is 0 Å². The molecule has 60 valence electrons. The Hall–Kier alpha value is -0.740. The summed E-state index contributed by atoms with van der Waals surface area (Å²) in [6.45, 7) is 0.696. The van der Waals surface area contributed by atoms with E-state index in [2.05, 4.69) is 4.74 Å². The summed E-state index contributed by atoms with van der Waals surface area (Å²) in [5.74, 6) is 0. The zero-order valence-corrected chi connectivity index (χ0v) is 5.54. The molecule has 0 atom stereocenters. The minimum absolute atomic E-state index is 0.0278. The molecular weight excluding hydrogens is 138 g/mol. The normalized spacial score (nSPS) is 7.40. The molecule has 0 saturated carbocycles. The van der Waals surface area contributed by atoms with Crippen molar-refractivity contribution < 1.29 is 19.7 Å². The van der Waals surface area contributed by atoms with Gasteiger partial charge in [0, 0.05) is 0 Å². The second-order valence-corrected chi connectivity index (χ2v) is 1.16. The lowest BCUT2D eigenvalue weighted by molar-refractivity contribution is 0.0650. The third-order valence-corrected chi connectivity index (χ3v) is 0.471. The molecule has 10 heavy (non-hydrogen) atoms. The molecule has 0 spiro atoms. The third kappa shape index (κ3) is 26.8. The molecule has 3 N–H and O–H groups in total. The van der Waals surface area contributed by atoms with Gasteiger partial charge >= 0.3 is 0 Å². The molecule has 5 nitrogen and oxygen atoms in total. The van der Waals surface area contributed by atoms with E-state index in [0.717, 1.165) is 6.08 Å². The van der Waals surface area contributed by atoms with Gasteiger partial charge in [-0.3, -0.25) is 0 Å². The van der Waals surface area contributed by atoms with Gasteiger partial charge < -0.3 is 14.9 Å². The van der Waals surface area contributed by atoms with Crippen LogP contribution in [-0.4, -0.2) is 42.7 Å². The maximum Gasteiger partial charge on any atom is 0.231 e. The lowest BCUT2D eigenvalue weighted by Crippen LogP contribution is -2.03. The molecule has 0 saturated heterocycles.